The van der Waals surface area contributed by atoms with Crippen molar-refractivity contribution in [3.05, 3.63) is 20.8 Å². The SMILES string of the molecule is CCCCC(NC(=O)C(C)NC(=O)c1ccc(Br)s1)C(=O)O. The molecule has 0 aliphatic carbocycles. The minimum absolute atomic E-state index is 0.362. The van der Waals surface area contributed by atoms with E-state index in [2.05, 4.69) is 26.6 Å². The highest BCUT2D eigenvalue weighted by atomic mass is 79.9. The number of carboxylic acid groups (broad SMARTS) is 1. The normalized spacial score (nSPS) is 13.2. The average molecular weight is 391 g/mol. The lowest BCUT2D eigenvalue weighted by Crippen LogP contribution is -2.50. The molecule has 0 aromatic carbocycles. The van der Waals surface area contributed by atoms with Crippen molar-refractivity contribution in [2.24, 2.45) is 0 Å². The Labute approximate surface area is 141 Å². The molecule has 8 heteroatoms. The summed E-state index contributed by atoms with van der Waals surface area (Å²) in [5.41, 5.74) is 0. The third kappa shape index (κ3) is 5.76. The smallest absolute Gasteiger partial charge is 0.326 e. The topological polar surface area (TPSA) is 95.5 Å². The highest BCUT2D eigenvalue weighted by molar-refractivity contribution is 9.11. The molecule has 1 aromatic heterocycles. The third-order valence-corrected chi connectivity index (χ3v) is 4.62. The van der Waals surface area contributed by atoms with E-state index in [0.29, 0.717) is 17.7 Å². The number of thiophene rings is 1. The van der Waals surface area contributed by atoms with E-state index < -0.39 is 24.0 Å². The van der Waals surface area contributed by atoms with Crippen LogP contribution >= 0.6 is 27.3 Å². The number of aliphatic carboxylic acids is 1. The monoisotopic (exact) mass is 390 g/mol. The Morgan fingerprint density at radius 3 is 2.50 bits per heavy atom. The van der Waals surface area contributed by atoms with Gasteiger partial charge in [-0.3, -0.25) is 9.59 Å². The van der Waals surface area contributed by atoms with E-state index in [1.165, 1.54) is 18.3 Å². The summed E-state index contributed by atoms with van der Waals surface area (Å²) < 4.78 is 0.820. The standard InChI is InChI=1S/C14H19BrN2O4S/c1-3-4-5-9(14(20)21)17-12(18)8(2)16-13(19)10-6-7-11(15)22-10/h6-9H,3-5H2,1-2H3,(H,16,19)(H,17,18)(H,20,21). The summed E-state index contributed by atoms with van der Waals surface area (Å²) in [5, 5.41) is 14.1. The maximum Gasteiger partial charge on any atom is 0.326 e. The summed E-state index contributed by atoms with van der Waals surface area (Å²) in [4.78, 5) is 35.5. The van der Waals surface area contributed by atoms with Gasteiger partial charge < -0.3 is 15.7 Å². The second-order valence-corrected chi connectivity index (χ2v) is 7.30. The number of hydrogen-bond donors (Lipinski definition) is 3. The zero-order valence-corrected chi connectivity index (χ0v) is 14.8. The van der Waals surface area contributed by atoms with E-state index >= 15 is 0 Å². The Balaban J connectivity index is 2.56. The van der Waals surface area contributed by atoms with Crippen molar-refractivity contribution < 1.29 is 19.5 Å². The molecule has 0 radical (unpaired) electrons. The Hall–Kier alpha value is -1.41. The first-order valence-corrected chi connectivity index (χ1v) is 8.55. The molecule has 6 nitrogen and oxygen atoms in total. The molecule has 2 unspecified atom stereocenters. The van der Waals surface area contributed by atoms with E-state index in [4.69, 9.17) is 5.11 Å². The van der Waals surface area contributed by atoms with Crippen molar-refractivity contribution in [1.29, 1.82) is 0 Å². The van der Waals surface area contributed by atoms with Gasteiger partial charge in [-0.25, -0.2) is 4.79 Å². The van der Waals surface area contributed by atoms with E-state index in [-0.39, 0.29) is 5.91 Å². The predicted molar refractivity (Wildman–Crippen MR) is 88.0 cm³/mol. The number of carbonyl (C=O) groups is 3. The molecule has 1 rings (SSSR count). The first-order chi connectivity index (χ1) is 10.3. The number of rotatable bonds is 8. The molecule has 0 saturated heterocycles. The van der Waals surface area contributed by atoms with Crippen LogP contribution in [0.3, 0.4) is 0 Å². The third-order valence-electron chi connectivity index (χ3n) is 3.00. The zero-order valence-electron chi connectivity index (χ0n) is 12.4. The Bertz CT molecular complexity index is 547. The molecule has 3 N–H and O–H groups in total. The van der Waals surface area contributed by atoms with Gasteiger partial charge in [0.2, 0.25) is 5.91 Å². The summed E-state index contributed by atoms with van der Waals surface area (Å²) in [5.74, 6) is -1.94. The maximum atomic E-state index is 12.0. The Morgan fingerprint density at radius 2 is 2.00 bits per heavy atom. The minimum Gasteiger partial charge on any atom is -0.480 e. The number of halogens is 1. The molecule has 0 spiro atoms. The second-order valence-electron chi connectivity index (χ2n) is 4.84. The van der Waals surface area contributed by atoms with Crippen LogP contribution in [0.1, 0.15) is 42.8 Å². The van der Waals surface area contributed by atoms with E-state index in [1.807, 2.05) is 6.92 Å². The molecule has 1 heterocycles. The fraction of sp³-hybridized carbons (Fsp3) is 0.500. The number of unbranched alkanes of at least 4 members (excludes halogenated alkanes) is 1. The molecule has 1 aromatic rings. The molecule has 22 heavy (non-hydrogen) atoms. The minimum atomic E-state index is -1.07. The van der Waals surface area contributed by atoms with Gasteiger partial charge in [0.05, 0.1) is 8.66 Å². The average Bonchev–Trinajstić information content (AvgIpc) is 2.89. The lowest BCUT2D eigenvalue weighted by molar-refractivity contribution is -0.142. The largest absolute Gasteiger partial charge is 0.480 e. The van der Waals surface area contributed by atoms with Crippen molar-refractivity contribution >= 4 is 45.1 Å². The fourth-order valence-electron chi connectivity index (χ4n) is 1.73. The molecule has 0 bridgehead atoms. The number of carbonyl (C=O) groups excluding carboxylic acids is 2. The Morgan fingerprint density at radius 1 is 1.32 bits per heavy atom. The van der Waals surface area contributed by atoms with Gasteiger partial charge in [0.15, 0.2) is 0 Å². The summed E-state index contributed by atoms with van der Waals surface area (Å²) >= 11 is 4.52. The fourth-order valence-corrected chi connectivity index (χ4v) is 3.02. The van der Waals surface area contributed by atoms with Crippen molar-refractivity contribution in [2.45, 2.75) is 45.2 Å². The van der Waals surface area contributed by atoms with Crippen LogP contribution in [0.25, 0.3) is 0 Å². The molecule has 0 saturated carbocycles. The second kappa shape index (κ2) is 8.89. The van der Waals surface area contributed by atoms with Gasteiger partial charge in [-0.05, 0) is 41.4 Å². The highest BCUT2D eigenvalue weighted by Crippen LogP contribution is 2.21. The van der Waals surface area contributed by atoms with Gasteiger partial charge in [0.1, 0.15) is 12.1 Å². The van der Waals surface area contributed by atoms with Gasteiger partial charge in [-0.1, -0.05) is 19.8 Å². The van der Waals surface area contributed by atoms with Crippen molar-refractivity contribution in [2.75, 3.05) is 0 Å². The predicted octanol–water partition coefficient (Wildman–Crippen LogP) is 2.39. The first-order valence-electron chi connectivity index (χ1n) is 6.94. The van der Waals surface area contributed by atoms with Crippen LogP contribution in [0, 0.1) is 0 Å². The van der Waals surface area contributed by atoms with Crippen molar-refractivity contribution in [3.63, 3.8) is 0 Å². The molecule has 0 aliphatic heterocycles. The van der Waals surface area contributed by atoms with Crippen LogP contribution in [-0.2, 0) is 9.59 Å². The Kier molecular flexibility index (Phi) is 7.53. The molecule has 2 amide bonds. The summed E-state index contributed by atoms with van der Waals surface area (Å²) in [6, 6.07) is 1.66. The molecular weight excluding hydrogens is 372 g/mol. The quantitative estimate of drug-likeness (QED) is 0.634. The molecule has 0 aliphatic rings. The number of amides is 2. The first kappa shape index (κ1) is 18.6. The summed E-state index contributed by atoms with van der Waals surface area (Å²) in [6.07, 6.45) is 1.93. The molecule has 0 fully saturated rings. The summed E-state index contributed by atoms with van der Waals surface area (Å²) in [6.45, 7) is 3.47. The van der Waals surface area contributed by atoms with Gasteiger partial charge in [0, 0.05) is 0 Å². The van der Waals surface area contributed by atoms with Gasteiger partial charge >= 0.3 is 5.97 Å². The lowest BCUT2D eigenvalue weighted by atomic mass is 10.1. The van der Waals surface area contributed by atoms with Crippen LogP contribution in [0.2, 0.25) is 0 Å². The highest BCUT2D eigenvalue weighted by Gasteiger charge is 2.23. The van der Waals surface area contributed by atoms with Crippen molar-refractivity contribution in [1.82, 2.24) is 10.6 Å². The molecular formula is C14H19BrN2O4S. The van der Waals surface area contributed by atoms with Crippen molar-refractivity contribution in [3.8, 4) is 0 Å². The van der Waals surface area contributed by atoms with Gasteiger partial charge in [-0.15, -0.1) is 11.3 Å². The van der Waals surface area contributed by atoms with E-state index in [0.717, 1.165) is 10.2 Å². The van der Waals surface area contributed by atoms with Crippen LogP contribution < -0.4 is 10.6 Å². The van der Waals surface area contributed by atoms with Gasteiger partial charge in [0.25, 0.3) is 5.91 Å². The lowest BCUT2D eigenvalue weighted by Gasteiger charge is -2.18. The number of hydrogen-bond acceptors (Lipinski definition) is 4. The van der Waals surface area contributed by atoms with E-state index in [1.54, 1.807) is 12.1 Å². The van der Waals surface area contributed by atoms with Crippen LogP contribution in [0.4, 0.5) is 0 Å². The van der Waals surface area contributed by atoms with Crippen LogP contribution in [0.5, 0.6) is 0 Å². The number of carboxylic acids is 1. The van der Waals surface area contributed by atoms with E-state index in [9.17, 15) is 14.4 Å². The molecule has 2 atom stereocenters. The van der Waals surface area contributed by atoms with Gasteiger partial charge in [-0.2, -0.15) is 0 Å². The maximum absolute atomic E-state index is 12.0. The van der Waals surface area contributed by atoms with Crippen LogP contribution in [0.15, 0.2) is 15.9 Å². The number of nitrogens with one attached hydrogen (secondary N) is 2. The zero-order chi connectivity index (χ0) is 16.7. The van der Waals surface area contributed by atoms with Crippen LogP contribution in [-0.4, -0.2) is 35.0 Å². The summed E-state index contributed by atoms with van der Waals surface area (Å²) in [7, 11) is 0. The molecule has 122 valence electrons.